The van der Waals surface area contributed by atoms with E-state index in [1.807, 2.05) is 6.92 Å². The van der Waals surface area contributed by atoms with Crippen molar-refractivity contribution in [1.29, 1.82) is 0 Å². The van der Waals surface area contributed by atoms with Gasteiger partial charge in [0.2, 0.25) is 5.91 Å². The number of carbonyl (C=O) groups excluding carboxylic acids is 1. The highest BCUT2D eigenvalue weighted by atomic mass is 16.5. The molecule has 1 heterocycles. The Bertz CT molecular complexity index is 309. The summed E-state index contributed by atoms with van der Waals surface area (Å²) < 4.78 is 5.33. The maximum atomic E-state index is 11.8. The van der Waals surface area contributed by atoms with E-state index in [9.17, 15) is 9.59 Å². The van der Waals surface area contributed by atoms with Crippen LogP contribution < -0.4 is 5.32 Å². The van der Waals surface area contributed by atoms with E-state index in [0.717, 1.165) is 19.4 Å². The van der Waals surface area contributed by atoms with Crippen LogP contribution in [0.1, 0.15) is 26.2 Å². The highest BCUT2D eigenvalue weighted by Gasteiger charge is 2.49. The van der Waals surface area contributed by atoms with Gasteiger partial charge in [0.25, 0.3) is 0 Å². The number of aliphatic carboxylic acids is 1. The summed E-state index contributed by atoms with van der Waals surface area (Å²) >= 11 is 0. The van der Waals surface area contributed by atoms with Crippen molar-refractivity contribution in [2.24, 2.45) is 11.8 Å². The second-order valence-electron chi connectivity index (χ2n) is 4.99. The first-order valence-electron chi connectivity index (χ1n) is 5.64. The molecule has 5 nitrogen and oxygen atoms in total. The lowest BCUT2D eigenvalue weighted by molar-refractivity contribution is -0.140. The van der Waals surface area contributed by atoms with Gasteiger partial charge >= 0.3 is 5.97 Å². The molecule has 2 N–H and O–H groups in total. The van der Waals surface area contributed by atoms with E-state index >= 15 is 0 Å². The van der Waals surface area contributed by atoms with E-state index in [4.69, 9.17) is 9.84 Å². The summed E-state index contributed by atoms with van der Waals surface area (Å²) in [7, 11) is 0. The second kappa shape index (κ2) is 4.05. The van der Waals surface area contributed by atoms with Crippen molar-refractivity contribution in [2.45, 2.75) is 31.7 Å². The molecule has 2 aliphatic rings. The van der Waals surface area contributed by atoms with Crippen LogP contribution in [0.4, 0.5) is 0 Å². The molecule has 90 valence electrons. The molecule has 0 aromatic rings. The van der Waals surface area contributed by atoms with E-state index in [1.165, 1.54) is 0 Å². The monoisotopic (exact) mass is 227 g/mol. The molecule has 3 unspecified atom stereocenters. The minimum atomic E-state index is -0.870. The molecule has 1 saturated heterocycles. The number of carboxylic acids is 1. The normalized spacial score (nSPS) is 37.8. The van der Waals surface area contributed by atoms with Gasteiger partial charge in [-0.1, -0.05) is 0 Å². The fourth-order valence-corrected chi connectivity index (χ4v) is 2.18. The van der Waals surface area contributed by atoms with Gasteiger partial charge in [-0.25, -0.2) is 0 Å². The van der Waals surface area contributed by atoms with Crippen LogP contribution in [-0.2, 0) is 14.3 Å². The van der Waals surface area contributed by atoms with Gasteiger partial charge in [0.05, 0.1) is 24.0 Å². The van der Waals surface area contributed by atoms with Crippen LogP contribution in [0, 0.1) is 11.8 Å². The second-order valence-corrected chi connectivity index (χ2v) is 4.99. The van der Waals surface area contributed by atoms with Crippen molar-refractivity contribution in [3.05, 3.63) is 0 Å². The van der Waals surface area contributed by atoms with E-state index in [2.05, 4.69) is 5.32 Å². The summed E-state index contributed by atoms with van der Waals surface area (Å²) in [6.07, 6.45) is 2.30. The highest BCUT2D eigenvalue weighted by Crippen LogP contribution is 2.39. The van der Waals surface area contributed by atoms with Crippen molar-refractivity contribution in [2.75, 3.05) is 13.2 Å². The molecule has 3 atom stereocenters. The maximum absolute atomic E-state index is 11.8. The molecule has 2 fully saturated rings. The smallest absolute Gasteiger partial charge is 0.307 e. The maximum Gasteiger partial charge on any atom is 0.307 e. The van der Waals surface area contributed by atoms with Crippen molar-refractivity contribution in [3.63, 3.8) is 0 Å². The predicted octanol–water partition coefficient (Wildman–Crippen LogP) is 0.392. The molecule has 0 radical (unpaired) electrons. The molecule has 1 amide bonds. The molecule has 1 aliphatic carbocycles. The minimum absolute atomic E-state index is 0.139. The Hall–Kier alpha value is -1.10. The fraction of sp³-hybridized carbons (Fsp3) is 0.818. The molecule has 0 aromatic heterocycles. The first-order valence-corrected chi connectivity index (χ1v) is 5.64. The van der Waals surface area contributed by atoms with Gasteiger partial charge < -0.3 is 15.2 Å². The summed E-state index contributed by atoms with van der Waals surface area (Å²) in [4.78, 5) is 22.4. The summed E-state index contributed by atoms with van der Waals surface area (Å²) in [5, 5.41) is 11.7. The van der Waals surface area contributed by atoms with E-state index in [0.29, 0.717) is 13.0 Å². The molecule has 1 saturated carbocycles. The fourth-order valence-electron chi connectivity index (χ4n) is 2.18. The SMILES string of the molecule is CC1(NC(=O)C2CC2C(=O)O)CCCOC1. The zero-order valence-electron chi connectivity index (χ0n) is 9.36. The van der Waals surface area contributed by atoms with E-state index < -0.39 is 11.9 Å². The highest BCUT2D eigenvalue weighted by molar-refractivity contribution is 5.89. The zero-order valence-corrected chi connectivity index (χ0v) is 9.36. The lowest BCUT2D eigenvalue weighted by atomic mass is 9.94. The number of nitrogens with one attached hydrogen (secondary N) is 1. The topological polar surface area (TPSA) is 75.6 Å². The zero-order chi connectivity index (χ0) is 11.8. The third kappa shape index (κ3) is 2.35. The number of carbonyl (C=O) groups is 2. The first-order chi connectivity index (χ1) is 7.52. The molecular formula is C11H17NO4. The van der Waals surface area contributed by atoms with Crippen LogP contribution in [0.3, 0.4) is 0 Å². The van der Waals surface area contributed by atoms with Gasteiger partial charge in [0.1, 0.15) is 0 Å². The first kappa shape index (κ1) is 11.4. The Morgan fingerprint density at radius 3 is 2.69 bits per heavy atom. The number of carboxylic acid groups (broad SMARTS) is 1. The number of ether oxygens (including phenoxy) is 1. The molecule has 0 aromatic carbocycles. The average molecular weight is 227 g/mol. The van der Waals surface area contributed by atoms with Crippen LogP contribution >= 0.6 is 0 Å². The van der Waals surface area contributed by atoms with Crippen LogP contribution in [0.25, 0.3) is 0 Å². The van der Waals surface area contributed by atoms with Gasteiger partial charge in [-0.2, -0.15) is 0 Å². The Morgan fingerprint density at radius 1 is 1.44 bits per heavy atom. The summed E-state index contributed by atoms with van der Waals surface area (Å²) in [6, 6.07) is 0. The Labute approximate surface area is 94.2 Å². The van der Waals surface area contributed by atoms with Crippen molar-refractivity contribution in [1.82, 2.24) is 5.32 Å². The summed E-state index contributed by atoms with van der Waals surface area (Å²) in [5.41, 5.74) is -0.318. The van der Waals surface area contributed by atoms with Gasteiger partial charge in [-0.15, -0.1) is 0 Å². The molecule has 0 spiro atoms. The largest absolute Gasteiger partial charge is 0.481 e. The lowest BCUT2D eigenvalue weighted by Crippen LogP contribution is -2.52. The molecule has 2 rings (SSSR count). The quantitative estimate of drug-likeness (QED) is 0.731. The lowest BCUT2D eigenvalue weighted by Gasteiger charge is -2.34. The van der Waals surface area contributed by atoms with Gasteiger partial charge in [0, 0.05) is 6.61 Å². The van der Waals surface area contributed by atoms with Gasteiger partial charge in [-0.05, 0) is 26.2 Å². The van der Waals surface area contributed by atoms with E-state index in [1.54, 1.807) is 0 Å². The number of rotatable bonds is 3. The molecule has 5 heteroatoms. The molecule has 16 heavy (non-hydrogen) atoms. The number of hydrogen-bond donors (Lipinski definition) is 2. The van der Waals surface area contributed by atoms with E-state index in [-0.39, 0.29) is 17.4 Å². The molecule has 0 bridgehead atoms. The Morgan fingerprint density at radius 2 is 2.19 bits per heavy atom. The van der Waals surface area contributed by atoms with Crippen molar-refractivity contribution < 1.29 is 19.4 Å². The predicted molar refractivity (Wildman–Crippen MR) is 55.8 cm³/mol. The van der Waals surface area contributed by atoms with Crippen molar-refractivity contribution >= 4 is 11.9 Å². The van der Waals surface area contributed by atoms with Crippen LogP contribution in [0.5, 0.6) is 0 Å². The van der Waals surface area contributed by atoms with Gasteiger partial charge in [0.15, 0.2) is 0 Å². The standard InChI is InChI=1S/C11H17NO4/c1-11(3-2-4-16-6-11)12-9(13)7-5-8(7)10(14)15/h7-8H,2-6H2,1H3,(H,12,13)(H,14,15). The van der Waals surface area contributed by atoms with Crippen LogP contribution in [-0.4, -0.2) is 35.7 Å². The van der Waals surface area contributed by atoms with Gasteiger partial charge in [-0.3, -0.25) is 9.59 Å². The van der Waals surface area contributed by atoms with Crippen LogP contribution in [0.2, 0.25) is 0 Å². The third-order valence-corrected chi connectivity index (χ3v) is 3.31. The Kier molecular flexibility index (Phi) is 2.88. The summed E-state index contributed by atoms with van der Waals surface area (Å²) in [6.45, 7) is 3.21. The molecular weight excluding hydrogens is 210 g/mol. The number of hydrogen-bond acceptors (Lipinski definition) is 3. The minimum Gasteiger partial charge on any atom is -0.481 e. The Balaban J connectivity index is 1.85. The average Bonchev–Trinajstić information content (AvgIpc) is 2.97. The summed E-state index contributed by atoms with van der Waals surface area (Å²) in [5.74, 6) is -1.82. The van der Waals surface area contributed by atoms with Crippen molar-refractivity contribution in [3.8, 4) is 0 Å². The molecule has 1 aliphatic heterocycles. The third-order valence-electron chi connectivity index (χ3n) is 3.31. The number of amides is 1. The van der Waals surface area contributed by atoms with Crippen LogP contribution in [0.15, 0.2) is 0 Å².